The second-order valence-corrected chi connectivity index (χ2v) is 8.41. The molecule has 1 atom stereocenters. The molecule has 8 nitrogen and oxygen atoms in total. The number of sulfonamides is 1. The number of carboxylic acid groups (broad SMARTS) is 1. The molecule has 156 valence electrons. The van der Waals surface area contributed by atoms with Crippen LogP contribution in [0.3, 0.4) is 0 Å². The summed E-state index contributed by atoms with van der Waals surface area (Å²) >= 11 is 0. The van der Waals surface area contributed by atoms with Crippen LogP contribution >= 0.6 is 0 Å². The molecule has 2 aromatic rings. The maximum Gasteiger partial charge on any atom is 0.241 e. The molecule has 0 aliphatic heterocycles. The van der Waals surface area contributed by atoms with Crippen molar-refractivity contribution in [2.75, 3.05) is 5.32 Å². The first-order valence-corrected chi connectivity index (χ1v) is 10.4. The van der Waals surface area contributed by atoms with Crippen LogP contribution in [0.1, 0.15) is 38.8 Å². The molecule has 0 aliphatic carbocycles. The maximum atomic E-state index is 12.7. The molecule has 2 rings (SSSR count). The van der Waals surface area contributed by atoms with Gasteiger partial charge in [-0.1, -0.05) is 12.1 Å². The molecule has 0 fully saturated rings. The van der Waals surface area contributed by atoms with Crippen molar-refractivity contribution in [3.63, 3.8) is 0 Å². The molecule has 29 heavy (non-hydrogen) atoms. The average Bonchev–Trinajstić information content (AvgIpc) is 2.60. The monoisotopic (exact) mass is 419 g/mol. The van der Waals surface area contributed by atoms with E-state index in [-0.39, 0.29) is 16.9 Å². The molecule has 1 amide bonds. The summed E-state index contributed by atoms with van der Waals surface area (Å²) in [5.41, 5.74) is 0.909. The Morgan fingerprint density at radius 3 is 2.10 bits per heavy atom. The number of hydrogen-bond acceptors (Lipinski definition) is 6. The molecule has 0 radical (unpaired) electrons. The first-order chi connectivity index (χ1) is 13.6. The second kappa shape index (κ2) is 9.53. The molecule has 0 spiro atoms. The van der Waals surface area contributed by atoms with Gasteiger partial charge in [0, 0.05) is 25.0 Å². The summed E-state index contributed by atoms with van der Waals surface area (Å²) in [5, 5.41) is 13.7. The van der Waals surface area contributed by atoms with Gasteiger partial charge >= 0.3 is 0 Å². The van der Waals surface area contributed by atoms with Crippen LogP contribution in [0, 0.1) is 0 Å². The van der Waals surface area contributed by atoms with E-state index in [0.29, 0.717) is 17.0 Å². The lowest BCUT2D eigenvalue weighted by Crippen LogP contribution is -2.34. The van der Waals surface area contributed by atoms with Gasteiger partial charge in [0.15, 0.2) is 0 Å². The van der Waals surface area contributed by atoms with Gasteiger partial charge in [0.25, 0.3) is 0 Å². The number of rotatable bonds is 9. The molecule has 9 heteroatoms. The summed E-state index contributed by atoms with van der Waals surface area (Å²) in [7, 11) is -4.01. The van der Waals surface area contributed by atoms with Crippen molar-refractivity contribution < 1.29 is 27.9 Å². The summed E-state index contributed by atoms with van der Waals surface area (Å²) in [4.78, 5) is 22.2. The fraction of sp³-hybridized carbons (Fsp3) is 0.300. The van der Waals surface area contributed by atoms with Crippen LogP contribution < -0.4 is 19.9 Å². The number of ether oxygens (including phenoxy) is 1. The number of aliphatic carboxylic acids is 1. The molecule has 0 saturated carbocycles. The lowest BCUT2D eigenvalue weighted by atomic mass is 10.0. The quantitative estimate of drug-likeness (QED) is 0.636. The summed E-state index contributed by atoms with van der Waals surface area (Å²) in [6, 6.07) is 11.0. The normalized spacial score (nSPS) is 12.4. The Kier molecular flexibility index (Phi) is 7.35. The highest BCUT2D eigenvalue weighted by Gasteiger charge is 2.22. The predicted molar refractivity (Wildman–Crippen MR) is 106 cm³/mol. The molecule has 0 aromatic heterocycles. The molecular formula is C20H23N2O6S-. The average molecular weight is 419 g/mol. The van der Waals surface area contributed by atoms with E-state index in [2.05, 4.69) is 10.0 Å². The number of anilines is 1. The van der Waals surface area contributed by atoms with E-state index in [1.807, 2.05) is 13.8 Å². The Labute approximate surface area is 169 Å². The number of benzene rings is 2. The van der Waals surface area contributed by atoms with Gasteiger partial charge in [-0.2, -0.15) is 0 Å². The SMILES string of the molecule is CC(=O)Nc1ccc(S(=O)(=O)N[C@H](CC(=O)[O-])c2ccc(OC(C)C)cc2)cc1. The van der Waals surface area contributed by atoms with Gasteiger partial charge in [0.2, 0.25) is 15.9 Å². The van der Waals surface area contributed by atoms with Gasteiger partial charge < -0.3 is 20.0 Å². The number of hydrogen-bond donors (Lipinski definition) is 2. The first kappa shape index (κ1) is 22.4. The van der Waals surface area contributed by atoms with Gasteiger partial charge in [-0.15, -0.1) is 0 Å². The van der Waals surface area contributed by atoms with Crippen LogP contribution in [0.25, 0.3) is 0 Å². The van der Waals surface area contributed by atoms with Crippen LogP contribution in [0.4, 0.5) is 5.69 Å². The summed E-state index contributed by atoms with van der Waals surface area (Å²) in [5.74, 6) is -1.08. The van der Waals surface area contributed by atoms with E-state index in [1.165, 1.54) is 31.2 Å². The molecule has 0 bridgehead atoms. The van der Waals surface area contributed by atoms with Crippen molar-refractivity contribution >= 4 is 27.6 Å². The highest BCUT2D eigenvalue weighted by molar-refractivity contribution is 7.89. The molecule has 0 saturated heterocycles. The minimum atomic E-state index is -4.01. The van der Waals surface area contributed by atoms with E-state index in [0.717, 1.165) is 0 Å². The van der Waals surface area contributed by atoms with Crippen LogP contribution in [0.2, 0.25) is 0 Å². The summed E-state index contributed by atoms with van der Waals surface area (Å²) in [6.45, 7) is 5.09. The van der Waals surface area contributed by atoms with Crippen LogP contribution in [0.15, 0.2) is 53.4 Å². The molecule has 0 aliphatic rings. The molecule has 2 aromatic carbocycles. The van der Waals surface area contributed by atoms with E-state index in [4.69, 9.17) is 4.74 Å². The van der Waals surface area contributed by atoms with Crippen LogP contribution in [0.5, 0.6) is 5.75 Å². The second-order valence-electron chi connectivity index (χ2n) is 6.69. The molecule has 2 N–H and O–H groups in total. The smallest absolute Gasteiger partial charge is 0.241 e. The highest BCUT2D eigenvalue weighted by atomic mass is 32.2. The van der Waals surface area contributed by atoms with E-state index in [9.17, 15) is 23.1 Å². The first-order valence-electron chi connectivity index (χ1n) is 8.93. The summed E-state index contributed by atoms with van der Waals surface area (Å²) in [6.07, 6.45) is -0.563. The lowest BCUT2D eigenvalue weighted by Gasteiger charge is -2.20. The fourth-order valence-corrected chi connectivity index (χ4v) is 3.85. The summed E-state index contributed by atoms with van der Waals surface area (Å²) < 4.78 is 33.4. The van der Waals surface area contributed by atoms with Crippen molar-refractivity contribution in [2.45, 2.75) is 44.2 Å². The Morgan fingerprint density at radius 1 is 1.03 bits per heavy atom. The topological polar surface area (TPSA) is 125 Å². The van der Waals surface area contributed by atoms with Crippen molar-refractivity contribution in [3.05, 3.63) is 54.1 Å². The van der Waals surface area contributed by atoms with Gasteiger partial charge in [-0.05, 0) is 55.8 Å². The van der Waals surface area contributed by atoms with Crippen molar-refractivity contribution in [3.8, 4) is 5.75 Å². The Morgan fingerprint density at radius 2 is 1.62 bits per heavy atom. The predicted octanol–water partition coefficient (Wildman–Crippen LogP) is 1.59. The van der Waals surface area contributed by atoms with Crippen LogP contribution in [-0.2, 0) is 19.6 Å². The Bertz CT molecular complexity index is 953. The van der Waals surface area contributed by atoms with Crippen molar-refractivity contribution in [2.24, 2.45) is 0 Å². The number of nitrogens with one attached hydrogen (secondary N) is 2. The van der Waals surface area contributed by atoms with Gasteiger partial charge in [0.05, 0.1) is 17.0 Å². The fourth-order valence-electron chi connectivity index (χ4n) is 2.62. The third-order valence-electron chi connectivity index (χ3n) is 3.81. The van der Waals surface area contributed by atoms with Gasteiger partial charge in [-0.25, -0.2) is 13.1 Å². The van der Waals surface area contributed by atoms with E-state index < -0.39 is 28.5 Å². The van der Waals surface area contributed by atoms with Gasteiger partial charge in [-0.3, -0.25) is 4.79 Å². The highest BCUT2D eigenvalue weighted by Crippen LogP contribution is 2.24. The molecule has 0 unspecified atom stereocenters. The number of amides is 1. The third-order valence-corrected chi connectivity index (χ3v) is 5.30. The third kappa shape index (κ3) is 6.88. The standard InChI is InChI=1S/C20H24N2O6S/c1-13(2)28-17-8-4-15(5-9-17)19(12-20(24)25)22-29(26,27)18-10-6-16(7-11-18)21-14(3)23/h4-11,13,19,22H,12H2,1-3H3,(H,21,23)(H,24,25)/p-1/t19-/m1/s1. The van der Waals surface area contributed by atoms with E-state index >= 15 is 0 Å². The number of carbonyl (C=O) groups excluding carboxylic acids is 2. The van der Waals surface area contributed by atoms with Crippen molar-refractivity contribution in [1.29, 1.82) is 0 Å². The largest absolute Gasteiger partial charge is 0.550 e. The van der Waals surface area contributed by atoms with Crippen LogP contribution in [-0.4, -0.2) is 26.4 Å². The lowest BCUT2D eigenvalue weighted by molar-refractivity contribution is -0.306. The minimum absolute atomic E-state index is 0.0289. The number of carbonyl (C=O) groups is 2. The number of carboxylic acids is 1. The zero-order valence-corrected chi connectivity index (χ0v) is 17.2. The molecule has 0 heterocycles. The molecular weight excluding hydrogens is 396 g/mol. The zero-order valence-electron chi connectivity index (χ0n) is 16.3. The zero-order chi connectivity index (χ0) is 21.6. The minimum Gasteiger partial charge on any atom is -0.550 e. The maximum absolute atomic E-state index is 12.7. The van der Waals surface area contributed by atoms with Gasteiger partial charge in [0.1, 0.15) is 5.75 Å². The van der Waals surface area contributed by atoms with Crippen molar-refractivity contribution in [1.82, 2.24) is 4.72 Å². The Hall–Kier alpha value is -2.91. The Balaban J connectivity index is 2.24. The van der Waals surface area contributed by atoms with E-state index in [1.54, 1.807) is 24.3 Å².